The Bertz CT molecular complexity index is 1210. The van der Waals surface area contributed by atoms with Crippen LogP contribution in [0.15, 0.2) is 77.8 Å². The van der Waals surface area contributed by atoms with Gasteiger partial charge in [0.05, 0.1) is 25.4 Å². The van der Waals surface area contributed by atoms with E-state index in [-0.39, 0.29) is 0 Å². The number of aryl methyl sites for hydroxylation is 1. The lowest BCUT2D eigenvalue weighted by Crippen LogP contribution is -2.29. The van der Waals surface area contributed by atoms with E-state index in [0.717, 1.165) is 35.6 Å². The Hall–Kier alpha value is -3.53. The van der Waals surface area contributed by atoms with Crippen LogP contribution in [-0.2, 0) is 0 Å². The summed E-state index contributed by atoms with van der Waals surface area (Å²) in [7, 11) is 1.66. The Kier molecular flexibility index (Phi) is 6.39. The Morgan fingerprint density at radius 3 is 2.68 bits per heavy atom. The van der Waals surface area contributed by atoms with E-state index in [4.69, 9.17) is 9.47 Å². The highest BCUT2D eigenvalue weighted by atomic mass is 16.5. The molecule has 0 saturated carbocycles. The number of nitrogens with zero attached hydrogens (tertiary/aromatic N) is 1. The topological polar surface area (TPSA) is 42.8 Å². The Morgan fingerprint density at radius 2 is 1.88 bits per heavy atom. The maximum absolute atomic E-state index is 5.74. The quantitative estimate of drug-likeness (QED) is 0.301. The molecular formula is C30H32N2O2. The number of fused-ring (bicyclic) bond motifs is 3. The second-order valence-corrected chi connectivity index (χ2v) is 9.17. The summed E-state index contributed by atoms with van der Waals surface area (Å²) in [5.41, 5.74) is 7.22. The first-order valence-corrected chi connectivity index (χ1v) is 12.1. The van der Waals surface area contributed by atoms with Gasteiger partial charge in [-0.1, -0.05) is 48.9 Å². The molecule has 1 aliphatic carbocycles. The third-order valence-corrected chi connectivity index (χ3v) is 6.78. The molecule has 2 aliphatic rings. The summed E-state index contributed by atoms with van der Waals surface area (Å²) in [6.07, 6.45) is 8.67. The third kappa shape index (κ3) is 4.45. The van der Waals surface area contributed by atoms with E-state index in [0.29, 0.717) is 24.5 Å². The van der Waals surface area contributed by atoms with E-state index in [9.17, 15) is 0 Å². The van der Waals surface area contributed by atoms with E-state index in [2.05, 4.69) is 78.8 Å². The van der Waals surface area contributed by atoms with Gasteiger partial charge in [0.25, 0.3) is 0 Å². The van der Waals surface area contributed by atoms with Crippen LogP contribution >= 0.6 is 0 Å². The van der Waals surface area contributed by atoms with E-state index in [1.54, 1.807) is 7.11 Å². The molecule has 0 amide bonds. The van der Waals surface area contributed by atoms with Gasteiger partial charge in [-0.25, -0.2) is 0 Å². The molecule has 174 valence electrons. The summed E-state index contributed by atoms with van der Waals surface area (Å²) in [6, 6.07) is 21.6. The summed E-state index contributed by atoms with van der Waals surface area (Å²) in [5.74, 6) is 2.52. The number of methoxy groups -OCH3 is 1. The number of nitrogens with one attached hydrogen (secondary N) is 1. The van der Waals surface area contributed by atoms with Gasteiger partial charge < -0.3 is 14.8 Å². The van der Waals surface area contributed by atoms with Crippen molar-refractivity contribution >= 4 is 17.6 Å². The molecule has 3 atom stereocenters. The first-order valence-electron chi connectivity index (χ1n) is 12.1. The van der Waals surface area contributed by atoms with Crippen LogP contribution in [0.3, 0.4) is 0 Å². The maximum atomic E-state index is 5.74. The molecule has 3 aromatic carbocycles. The van der Waals surface area contributed by atoms with E-state index < -0.39 is 0 Å². The standard InChI is InChI=1S/C30H32N2O2/c1-4-16-34-28-15-9-21(18-29(28)33-3)19-31-23-12-10-22(11-13-23)30-25-7-5-6-24(25)26-17-20(2)8-14-27(26)32-30/h5-6,8-15,17-19,24-25,30,32H,4,7,16H2,1-3H3/t24-,25+,30+/m1/s1. The fraction of sp³-hybridized carbons (Fsp3) is 0.300. The molecule has 34 heavy (non-hydrogen) atoms. The van der Waals surface area contributed by atoms with Gasteiger partial charge in [0.1, 0.15) is 0 Å². The Labute approximate surface area is 202 Å². The maximum Gasteiger partial charge on any atom is 0.161 e. The molecule has 3 aromatic rings. The van der Waals surface area contributed by atoms with E-state index >= 15 is 0 Å². The first-order chi connectivity index (χ1) is 16.7. The van der Waals surface area contributed by atoms with Crippen molar-refractivity contribution in [3.63, 3.8) is 0 Å². The molecule has 0 fully saturated rings. The van der Waals surface area contributed by atoms with Gasteiger partial charge in [0, 0.05) is 17.8 Å². The lowest BCUT2D eigenvalue weighted by Gasteiger charge is -2.37. The molecular weight excluding hydrogens is 420 g/mol. The van der Waals surface area contributed by atoms with E-state index in [1.165, 1.54) is 22.4 Å². The number of ether oxygens (including phenoxy) is 2. The van der Waals surface area contributed by atoms with Crippen molar-refractivity contribution in [2.75, 3.05) is 19.0 Å². The molecule has 0 unspecified atom stereocenters. The normalized spacial score (nSPS) is 20.6. The summed E-state index contributed by atoms with van der Waals surface area (Å²) >= 11 is 0. The van der Waals surface area contributed by atoms with Gasteiger partial charge in [0.15, 0.2) is 11.5 Å². The predicted octanol–water partition coefficient (Wildman–Crippen LogP) is 7.37. The number of hydrogen-bond donors (Lipinski definition) is 1. The van der Waals surface area contributed by atoms with Crippen LogP contribution in [0.1, 0.15) is 54.0 Å². The van der Waals surface area contributed by atoms with Crippen molar-refractivity contribution in [2.45, 2.75) is 38.6 Å². The third-order valence-electron chi connectivity index (χ3n) is 6.78. The second-order valence-electron chi connectivity index (χ2n) is 9.17. The molecule has 4 heteroatoms. The van der Waals surface area contributed by atoms with Crippen LogP contribution < -0.4 is 14.8 Å². The lowest BCUT2D eigenvalue weighted by atomic mass is 9.76. The summed E-state index contributed by atoms with van der Waals surface area (Å²) in [6.45, 7) is 4.94. The second kappa shape index (κ2) is 9.76. The summed E-state index contributed by atoms with van der Waals surface area (Å²) < 4.78 is 11.2. The smallest absolute Gasteiger partial charge is 0.161 e. The van der Waals surface area contributed by atoms with Crippen LogP contribution in [0.2, 0.25) is 0 Å². The Balaban J connectivity index is 1.32. The molecule has 0 bridgehead atoms. The molecule has 1 aliphatic heterocycles. The molecule has 0 saturated heterocycles. The zero-order valence-electron chi connectivity index (χ0n) is 20.1. The van der Waals surface area contributed by atoms with E-state index in [1.807, 2.05) is 24.4 Å². The molecule has 4 nitrogen and oxygen atoms in total. The SMILES string of the molecule is CCCOc1ccc(C=Nc2ccc([C@@H]3Nc4ccc(C)cc4[C@@H]4C=CC[C@@H]43)cc2)cc1OC. The van der Waals surface area contributed by atoms with Crippen molar-refractivity contribution < 1.29 is 9.47 Å². The van der Waals surface area contributed by atoms with Gasteiger partial charge in [-0.05, 0) is 78.8 Å². The highest BCUT2D eigenvalue weighted by Crippen LogP contribution is 2.50. The minimum absolute atomic E-state index is 0.299. The van der Waals surface area contributed by atoms with Gasteiger partial charge in [-0.15, -0.1) is 0 Å². The number of allylic oxidation sites excluding steroid dienone is 2. The van der Waals surface area contributed by atoms with Crippen molar-refractivity contribution in [1.29, 1.82) is 0 Å². The van der Waals surface area contributed by atoms with Crippen LogP contribution in [-0.4, -0.2) is 19.9 Å². The fourth-order valence-electron chi connectivity index (χ4n) is 5.06. The largest absolute Gasteiger partial charge is 0.493 e. The summed E-state index contributed by atoms with van der Waals surface area (Å²) in [4.78, 5) is 4.69. The monoisotopic (exact) mass is 452 g/mol. The first kappa shape index (κ1) is 22.3. The zero-order chi connectivity index (χ0) is 23.5. The molecule has 0 spiro atoms. The minimum Gasteiger partial charge on any atom is -0.493 e. The van der Waals surface area contributed by atoms with Gasteiger partial charge in [-0.2, -0.15) is 0 Å². The minimum atomic E-state index is 0.299. The molecule has 1 N–H and O–H groups in total. The lowest BCUT2D eigenvalue weighted by molar-refractivity contribution is 0.294. The van der Waals surface area contributed by atoms with Gasteiger partial charge >= 0.3 is 0 Å². The van der Waals surface area contributed by atoms with Crippen LogP contribution in [0, 0.1) is 12.8 Å². The zero-order valence-corrected chi connectivity index (χ0v) is 20.1. The number of anilines is 1. The highest BCUT2D eigenvalue weighted by molar-refractivity contribution is 5.83. The molecule has 5 rings (SSSR count). The predicted molar refractivity (Wildman–Crippen MR) is 140 cm³/mol. The molecule has 0 aromatic heterocycles. The van der Waals surface area contributed by atoms with Crippen LogP contribution in [0.4, 0.5) is 11.4 Å². The number of benzene rings is 3. The number of aliphatic imine (C=N–C) groups is 1. The average molecular weight is 453 g/mol. The van der Waals surface area contributed by atoms with Crippen molar-refractivity contribution in [3.05, 3.63) is 95.1 Å². The number of hydrogen-bond acceptors (Lipinski definition) is 4. The summed E-state index contributed by atoms with van der Waals surface area (Å²) in [5, 5.41) is 3.82. The van der Waals surface area contributed by atoms with Crippen molar-refractivity contribution in [3.8, 4) is 11.5 Å². The Morgan fingerprint density at radius 1 is 1.03 bits per heavy atom. The number of rotatable bonds is 7. The van der Waals surface area contributed by atoms with Crippen molar-refractivity contribution in [2.24, 2.45) is 10.9 Å². The molecule has 0 radical (unpaired) electrons. The molecule has 1 heterocycles. The van der Waals surface area contributed by atoms with Gasteiger partial charge in [-0.3, -0.25) is 4.99 Å². The highest BCUT2D eigenvalue weighted by Gasteiger charge is 2.37. The van der Waals surface area contributed by atoms with Crippen molar-refractivity contribution in [1.82, 2.24) is 0 Å². The van der Waals surface area contributed by atoms with Crippen LogP contribution in [0.25, 0.3) is 0 Å². The fourth-order valence-corrected chi connectivity index (χ4v) is 5.06. The van der Waals surface area contributed by atoms with Gasteiger partial charge in [0.2, 0.25) is 0 Å². The van der Waals surface area contributed by atoms with Crippen LogP contribution in [0.5, 0.6) is 11.5 Å². The average Bonchev–Trinajstić information content (AvgIpc) is 3.37.